The molecular weight excluding hydrogens is 382 g/mol. The summed E-state index contributed by atoms with van der Waals surface area (Å²) in [6.45, 7) is 17.1. The number of benzene rings is 1. The SMILES string of the molecule is C=CNCCCCC(NCC1=CCCC=C1)C(=C)NCCOc1ccc(C(=C)C)cc1. The highest BCUT2D eigenvalue weighted by Gasteiger charge is 2.12. The van der Waals surface area contributed by atoms with Crippen molar-refractivity contribution >= 4 is 5.57 Å². The molecule has 0 saturated carbocycles. The summed E-state index contributed by atoms with van der Waals surface area (Å²) in [6, 6.07) is 8.30. The van der Waals surface area contributed by atoms with Crippen LogP contribution in [-0.4, -0.2) is 32.3 Å². The van der Waals surface area contributed by atoms with E-state index in [9.17, 15) is 0 Å². The van der Waals surface area contributed by atoms with Crippen LogP contribution in [0.15, 0.2) is 79.7 Å². The van der Waals surface area contributed by atoms with E-state index < -0.39 is 0 Å². The van der Waals surface area contributed by atoms with Gasteiger partial charge in [-0.1, -0.05) is 55.7 Å². The number of hydrogen-bond donors (Lipinski definition) is 3. The minimum Gasteiger partial charge on any atom is -0.492 e. The number of hydrogen-bond acceptors (Lipinski definition) is 4. The molecule has 0 amide bonds. The highest BCUT2D eigenvalue weighted by atomic mass is 16.5. The lowest BCUT2D eigenvalue weighted by Gasteiger charge is -2.23. The van der Waals surface area contributed by atoms with Crippen LogP contribution >= 0.6 is 0 Å². The Morgan fingerprint density at radius 2 is 1.94 bits per heavy atom. The molecule has 1 unspecified atom stereocenters. The van der Waals surface area contributed by atoms with Gasteiger partial charge in [0.15, 0.2) is 0 Å². The van der Waals surface area contributed by atoms with Crippen LogP contribution in [0.2, 0.25) is 0 Å². The highest BCUT2D eigenvalue weighted by molar-refractivity contribution is 5.61. The molecule has 0 saturated heterocycles. The molecule has 4 heteroatoms. The predicted molar refractivity (Wildman–Crippen MR) is 134 cm³/mol. The van der Waals surface area contributed by atoms with Crippen LogP contribution in [0.3, 0.4) is 0 Å². The van der Waals surface area contributed by atoms with Crippen molar-refractivity contribution in [2.24, 2.45) is 0 Å². The van der Waals surface area contributed by atoms with Crippen LogP contribution in [0.4, 0.5) is 0 Å². The van der Waals surface area contributed by atoms with Crippen molar-refractivity contribution in [1.29, 1.82) is 0 Å². The van der Waals surface area contributed by atoms with Gasteiger partial charge in [-0.05, 0) is 68.5 Å². The van der Waals surface area contributed by atoms with Gasteiger partial charge in [-0.3, -0.25) is 0 Å². The Morgan fingerprint density at radius 1 is 1.13 bits per heavy atom. The van der Waals surface area contributed by atoms with E-state index in [0.29, 0.717) is 6.61 Å². The standard InChI is InChI=1S/C27H39N3O/c1-5-28-18-10-9-13-27(30-21-24-11-7-6-8-12-24)23(4)29-19-20-31-26-16-14-25(15-17-26)22(2)3/h5,7,11-12,14-17,27-30H,1-2,4,6,8-10,13,18-21H2,3H3. The molecule has 0 aromatic heterocycles. The van der Waals surface area contributed by atoms with Gasteiger partial charge in [0.2, 0.25) is 0 Å². The smallest absolute Gasteiger partial charge is 0.119 e. The maximum absolute atomic E-state index is 5.86. The summed E-state index contributed by atoms with van der Waals surface area (Å²) in [5, 5.41) is 10.3. The zero-order valence-electron chi connectivity index (χ0n) is 19.1. The molecule has 168 valence electrons. The first-order chi connectivity index (χ1) is 15.1. The Hall–Kier alpha value is -2.72. The zero-order chi connectivity index (χ0) is 22.3. The van der Waals surface area contributed by atoms with Gasteiger partial charge in [-0.15, -0.1) is 0 Å². The molecule has 1 aliphatic carbocycles. The average Bonchev–Trinajstić information content (AvgIpc) is 2.79. The number of nitrogens with one attached hydrogen (secondary N) is 3. The van der Waals surface area contributed by atoms with E-state index in [2.05, 4.69) is 53.9 Å². The lowest BCUT2D eigenvalue weighted by molar-refractivity contribution is 0.316. The van der Waals surface area contributed by atoms with Gasteiger partial charge in [0.25, 0.3) is 0 Å². The molecule has 0 spiro atoms. The first kappa shape index (κ1) is 24.5. The predicted octanol–water partition coefficient (Wildman–Crippen LogP) is 5.34. The fourth-order valence-corrected chi connectivity index (χ4v) is 3.46. The van der Waals surface area contributed by atoms with Crippen molar-refractivity contribution < 1.29 is 4.74 Å². The third-order valence-corrected chi connectivity index (χ3v) is 5.32. The van der Waals surface area contributed by atoms with E-state index in [1.807, 2.05) is 31.2 Å². The fourth-order valence-electron chi connectivity index (χ4n) is 3.46. The Kier molecular flexibility index (Phi) is 11.3. The molecule has 4 nitrogen and oxygen atoms in total. The maximum atomic E-state index is 5.86. The summed E-state index contributed by atoms with van der Waals surface area (Å²) >= 11 is 0. The minimum atomic E-state index is 0.231. The Labute approximate surface area is 188 Å². The summed E-state index contributed by atoms with van der Waals surface area (Å²) in [5.41, 5.74) is 4.58. The van der Waals surface area contributed by atoms with Crippen molar-refractivity contribution in [3.8, 4) is 5.75 Å². The molecule has 1 aromatic carbocycles. The minimum absolute atomic E-state index is 0.231. The van der Waals surface area contributed by atoms with E-state index in [0.717, 1.165) is 74.3 Å². The molecule has 0 radical (unpaired) electrons. The first-order valence-corrected chi connectivity index (χ1v) is 11.3. The van der Waals surface area contributed by atoms with Gasteiger partial charge in [0.1, 0.15) is 12.4 Å². The highest BCUT2D eigenvalue weighted by Crippen LogP contribution is 2.17. The second-order valence-corrected chi connectivity index (χ2v) is 7.95. The van der Waals surface area contributed by atoms with E-state index in [1.54, 1.807) is 6.20 Å². The number of allylic oxidation sites excluding steroid dienone is 3. The van der Waals surface area contributed by atoms with Crippen LogP contribution in [-0.2, 0) is 0 Å². The lowest BCUT2D eigenvalue weighted by Crippen LogP contribution is -2.38. The summed E-state index contributed by atoms with van der Waals surface area (Å²) in [5.74, 6) is 0.873. The van der Waals surface area contributed by atoms with E-state index in [-0.39, 0.29) is 6.04 Å². The average molecular weight is 422 g/mol. The molecule has 1 aromatic rings. The van der Waals surface area contributed by atoms with Gasteiger partial charge in [0, 0.05) is 31.4 Å². The lowest BCUT2D eigenvalue weighted by atomic mass is 10.0. The second kappa shape index (κ2) is 14.3. The van der Waals surface area contributed by atoms with E-state index in [1.165, 1.54) is 5.57 Å². The topological polar surface area (TPSA) is 45.3 Å². The normalized spacial score (nSPS) is 13.8. The largest absolute Gasteiger partial charge is 0.492 e. The molecule has 0 aliphatic heterocycles. The van der Waals surface area contributed by atoms with Crippen LogP contribution in [0, 0.1) is 0 Å². The number of unbranched alkanes of at least 4 members (excludes halogenated alkanes) is 1. The van der Waals surface area contributed by atoms with Crippen LogP contribution in [0.25, 0.3) is 5.57 Å². The molecule has 1 atom stereocenters. The van der Waals surface area contributed by atoms with E-state index >= 15 is 0 Å². The van der Waals surface area contributed by atoms with Crippen molar-refractivity contribution in [3.63, 3.8) is 0 Å². The quantitative estimate of drug-likeness (QED) is 0.315. The van der Waals surface area contributed by atoms with Crippen LogP contribution in [0.1, 0.15) is 44.6 Å². The van der Waals surface area contributed by atoms with Crippen LogP contribution in [0.5, 0.6) is 5.75 Å². The molecule has 3 N–H and O–H groups in total. The summed E-state index contributed by atoms with van der Waals surface area (Å²) in [6.07, 6.45) is 14.1. The number of rotatable bonds is 16. The molecule has 0 heterocycles. The summed E-state index contributed by atoms with van der Waals surface area (Å²) in [4.78, 5) is 0. The molecular formula is C27H39N3O. The van der Waals surface area contributed by atoms with Gasteiger partial charge in [-0.25, -0.2) is 0 Å². The van der Waals surface area contributed by atoms with Gasteiger partial charge >= 0.3 is 0 Å². The fraction of sp³-hybridized carbons (Fsp3) is 0.407. The molecule has 2 rings (SSSR count). The van der Waals surface area contributed by atoms with Gasteiger partial charge < -0.3 is 20.7 Å². The van der Waals surface area contributed by atoms with E-state index in [4.69, 9.17) is 4.74 Å². The molecule has 0 fully saturated rings. The molecule has 31 heavy (non-hydrogen) atoms. The Balaban J connectivity index is 1.76. The van der Waals surface area contributed by atoms with Gasteiger partial charge in [-0.2, -0.15) is 0 Å². The molecule has 0 bridgehead atoms. The van der Waals surface area contributed by atoms with Crippen molar-refractivity contribution in [2.75, 3.05) is 26.2 Å². The monoisotopic (exact) mass is 421 g/mol. The second-order valence-electron chi connectivity index (χ2n) is 7.95. The number of ether oxygens (including phenoxy) is 1. The zero-order valence-corrected chi connectivity index (χ0v) is 19.1. The van der Waals surface area contributed by atoms with Crippen molar-refractivity contribution in [1.82, 2.24) is 16.0 Å². The maximum Gasteiger partial charge on any atom is 0.119 e. The summed E-state index contributed by atoms with van der Waals surface area (Å²) in [7, 11) is 0. The third kappa shape index (κ3) is 9.75. The summed E-state index contributed by atoms with van der Waals surface area (Å²) < 4.78 is 5.86. The Morgan fingerprint density at radius 3 is 2.61 bits per heavy atom. The van der Waals surface area contributed by atoms with Crippen molar-refractivity contribution in [3.05, 3.63) is 85.3 Å². The van der Waals surface area contributed by atoms with Crippen molar-refractivity contribution in [2.45, 2.75) is 45.1 Å². The molecule has 1 aliphatic rings. The third-order valence-electron chi connectivity index (χ3n) is 5.32. The van der Waals surface area contributed by atoms with Gasteiger partial charge in [0.05, 0.1) is 0 Å². The Bertz CT molecular complexity index is 761. The van der Waals surface area contributed by atoms with Crippen LogP contribution < -0.4 is 20.7 Å². The first-order valence-electron chi connectivity index (χ1n) is 11.3.